The fourth-order valence-corrected chi connectivity index (χ4v) is 7.75. The number of carbonyl (C=O) groups excluding carboxylic acids is 5. The van der Waals surface area contributed by atoms with E-state index in [2.05, 4.69) is 36.6 Å². The molecule has 0 spiro atoms. The van der Waals surface area contributed by atoms with Crippen LogP contribution in [0.4, 0.5) is 26.1 Å². The van der Waals surface area contributed by atoms with Crippen LogP contribution in [0.15, 0.2) is 90.1 Å². The summed E-state index contributed by atoms with van der Waals surface area (Å²) in [6.07, 6.45) is 3.53. The molecule has 1 aliphatic heterocycles. The number of nitrogens with zero attached hydrogens (tertiary/aromatic N) is 4. The first-order chi connectivity index (χ1) is 35.5. The summed E-state index contributed by atoms with van der Waals surface area (Å²) in [5.74, 6) is -2.08. The summed E-state index contributed by atoms with van der Waals surface area (Å²) < 4.78 is 52.0. The van der Waals surface area contributed by atoms with Gasteiger partial charge in [-0.2, -0.15) is 0 Å². The summed E-state index contributed by atoms with van der Waals surface area (Å²) in [4.78, 5) is 76.2. The third-order valence-electron chi connectivity index (χ3n) is 11.4. The summed E-state index contributed by atoms with van der Waals surface area (Å²) in [6.45, 7) is 3.90. The third-order valence-corrected chi connectivity index (χ3v) is 11.6. The number of aldehydes is 2. The number of benzene rings is 4. The Hall–Kier alpha value is -6.91. The summed E-state index contributed by atoms with van der Waals surface area (Å²) in [6, 6.07) is 19.9. The lowest BCUT2D eigenvalue weighted by Gasteiger charge is -2.25. The summed E-state index contributed by atoms with van der Waals surface area (Å²) in [5, 5.41) is 14.9. The lowest BCUT2D eigenvalue weighted by molar-refractivity contribution is -0.122. The van der Waals surface area contributed by atoms with Gasteiger partial charge in [0.15, 0.2) is 0 Å². The predicted molar refractivity (Wildman–Crippen MR) is 271 cm³/mol. The van der Waals surface area contributed by atoms with Crippen LogP contribution in [0.5, 0.6) is 0 Å². The van der Waals surface area contributed by atoms with Crippen molar-refractivity contribution >= 4 is 64.9 Å². The van der Waals surface area contributed by atoms with E-state index in [1.807, 2.05) is 0 Å². The molecule has 6 rings (SSSR count). The number of nitrogens with one attached hydrogen (secondary N) is 5. The maximum absolute atomic E-state index is 14.9. The molecular weight excluding hydrogens is 968 g/mol. The number of likely N-dealkylation sites (N-methyl/N-ethyl adjacent to an activating group) is 1. The molecule has 73 heavy (non-hydrogen) atoms. The van der Waals surface area contributed by atoms with Crippen molar-refractivity contribution < 1.29 is 51.7 Å². The highest BCUT2D eigenvalue weighted by molar-refractivity contribution is 6.31. The minimum absolute atomic E-state index is 0.0870. The molecular formula is C52H58ClF2N9O9. The minimum Gasteiger partial charge on any atom is -0.378 e. The zero-order valence-electron chi connectivity index (χ0n) is 40.5. The second kappa shape index (κ2) is 29.0. The molecule has 1 unspecified atom stereocenters. The molecule has 0 saturated carbocycles. The maximum atomic E-state index is 14.9. The van der Waals surface area contributed by atoms with Crippen molar-refractivity contribution in [2.24, 2.45) is 4.99 Å². The van der Waals surface area contributed by atoms with Crippen molar-refractivity contribution in [3.05, 3.63) is 135 Å². The molecule has 0 bridgehead atoms. The van der Waals surface area contributed by atoms with Crippen LogP contribution in [0.3, 0.4) is 0 Å². The Morgan fingerprint density at radius 1 is 0.822 bits per heavy atom. The molecule has 1 aromatic heterocycles. The quantitative estimate of drug-likeness (QED) is 0.0282. The van der Waals surface area contributed by atoms with Crippen LogP contribution in [0.1, 0.15) is 55.8 Å². The standard InChI is InChI=1S/C52H58ClF2N9O9/c1-56-46(67)16-14-39(32-66)64(2)30-42-35(31-65)5-3-8-45(42)62-47(68)33-73-26-25-72-24-23-71-21-18-57-17-20-70-22-19-58-51(69)34-9-12-38(13-10-34)61-52-60-29-36-28-59-50(48-43(54)6-4-7-44(48)55)41-27-37(53)11-15-40(41)49(36)63-52/h3-13,15,27,29,31-32,39,57H,14,16-26,28,30,33H2,1-2H3,(H,56,67)(H,58,69)(H,62,68)(H,60,61,63). The lowest BCUT2D eigenvalue weighted by atomic mass is 9.95. The van der Waals surface area contributed by atoms with Crippen LogP contribution in [-0.4, -0.2) is 143 Å². The first-order valence-corrected chi connectivity index (χ1v) is 23.9. The van der Waals surface area contributed by atoms with Gasteiger partial charge in [-0.15, -0.1) is 0 Å². The van der Waals surface area contributed by atoms with Gasteiger partial charge in [0, 0.05) is 95.6 Å². The maximum Gasteiger partial charge on any atom is 0.251 e. The Morgan fingerprint density at radius 3 is 2.22 bits per heavy atom. The average Bonchev–Trinajstić information content (AvgIpc) is 3.53. The SMILES string of the molecule is CNC(=O)CCC(C=O)N(C)Cc1c(C=O)cccc1NC(=O)COCCOCCOCCNCCOCCNC(=O)c1ccc(Nc2ncc3c(n2)-c2ccc(Cl)cc2C(c2c(F)cccc2F)=NC3)cc1. The largest absolute Gasteiger partial charge is 0.378 e. The van der Waals surface area contributed by atoms with Gasteiger partial charge in [-0.25, -0.2) is 18.7 Å². The minimum atomic E-state index is -0.741. The summed E-state index contributed by atoms with van der Waals surface area (Å²) in [5.41, 5.74) is 4.52. The molecule has 2 heterocycles. The third kappa shape index (κ3) is 16.6. The van der Waals surface area contributed by atoms with Gasteiger partial charge in [-0.05, 0) is 68.1 Å². The first kappa shape index (κ1) is 55.4. The van der Waals surface area contributed by atoms with Crippen LogP contribution in [0.2, 0.25) is 5.02 Å². The molecule has 0 saturated heterocycles. The van der Waals surface area contributed by atoms with Crippen molar-refractivity contribution in [1.29, 1.82) is 0 Å². The zero-order valence-corrected chi connectivity index (χ0v) is 41.3. The van der Waals surface area contributed by atoms with Gasteiger partial charge >= 0.3 is 0 Å². The molecule has 386 valence electrons. The highest BCUT2D eigenvalue weighted by Gasteiger charge is 2.26. The number of amides is 3. The Morgan fingerprint density at radius 2 is 1.51 bits per heavy atom. The van der Waals surface area contributed by atoms with E-state index in [4.69, 9.17) is 35.5 Å². The van der Waals surface area contributed by atoms with E-state index >= 15 is 0 Å². The fourth-order valence-electron chi connectivity index (χ4n) is 7.57. The van der Waals surface area contributed by atoms with Crippen LogP contribution >= 0.6 is 11.6 Å². The number of ether oxygens (including phenoxy) is 4. The van der Waals surface area contributed by atoms with Crippen LogP contribution in [-0.2, 0) is 46.4 Å². The van der Waals surface area contributed by atoms with Gasteiger partial charge in [0.25, 0.3) is 5.91 Å². The second-order valence-corrected chi connectivity index (χ2v) is 16.9. The number of fused-ring (bicyclic) bond motifs is 3. The van der Waals surface area contributed by atoms with Crippen LogP contribution in [0.25, 0.3) is 11.3 Å². The Balaban J connectivity index is 0.790. The highest BCUT2D eigenvalue weighted by atomic mass is 35.5. The van der Waals surface area contributed by atoms with Gasteiger partial charge in [0.1, 0.15) is 30.8 Å². The Bertz CT molecular complexity index is 2700. The highest BCUT2D eigenvalue weighted by Crippen LogP contribution is 2.35. The van der Waals surface area contributed by atoms with E-state index in [1.165, 1.54) is 25.2 Å². The Labute approximate surface area is 426 Å². The molecule has 0 radical (unpaired) electrons. The van der Waals surface area contributed by atoms with Crippen LogP contribution < -0.4 is 26.6 Å². The summed E-state index contributed by atoms with van der Waals surface area (Å²) in [7, 11) is 3.24. The fraction of sp³-hybridized carbons (Fsp3) is 0.346. The van der Waals surface area contributed by atoms with E-state index in [9.17, 15) is 32.8 Å². The van der Waals surface area contributed by atoms with Crippen molar-refractivity contribution in [3.63, 3.8) is 0 Å². The topological polar surface area (TPSA) is 224 Å². The first-order valence-electron chi connectivity index (χ1n) is 23.5. The van der Waals surface area contributed by atoms with Gasteiger partial charge in [-0.3, -0.25) is 29.1 Å². The van der Waals surface area contributed by atoms with Gasteiger partial charge in [0.2, 0.25) is 17.8 Å². The van der Waals surface area contributed by atoms with Crippen molar-refractivity contribution in [1.82, 2.24) is 30.8 Å². The van der Waals surface area contributed by atoms with E-state index < -0.39 is 23.6 Å². The molecule has 0 fully saturated rings. The number of halogens is 3. The van der Waals surface area contributed by atoms with Crippen LogP contribution in [0, 0.1) is 11.6 Å². The zero-order chi connectivity index (χ0) is 52.0. The van der Waals surface area contributed by atoms with Crippen molar-refractivity contribution in [3.8, 4) is 11.3 Å². The number of rotatable bonds is 30. The predicted octanol–water partition coefficient (Wildman–Crippen LogP) is 5.53. The van der Waals surface area contributed by atoms with E-state index in [-0.39, 0.29) is 68.4 Å². The van der Waals surface area contributed by atoms with Crippen molar-refractivity contribution in [2.75, 3.05) is 97.2 Å². The number of anilines is 3. The summed E-state index contributed by atoms with van der Waals surface area (Å²) >= 11 is 6.34. The molecule has 0 aliphatic carbocycles. The number of aromatic nitrogens is 2. The molecule has 1 atom stereocenters. The molecule has 21 heteroatoms. The molecule has 18 nitrogen and oxygen atoms in total. The molecule has 4 aromatic carbocycles. The number of aliphatic imine (C=N–C) groups is 1. The van der Waals surface area contributed by atoms with Gasteiger partial charge in [0.05, 0.1) is 75.8 Å². The number of hydrogen-bond donors (Lipinski definition) is 5. The molecule has 3 amide bonds. The van der Waals surface area contributed by atoms with E-state index in [1.54, 1.807) is 78.8 Å². The lowest BCUT2D eigenvalue weighted by Crippen LogP contribution is -2.34. The smallest absolute Gasteiger partial charge is 0.251 e. The van der Waals surface area contributed by atoms with E-state index in [0.717, 1.165) is 6.29 Å². The Kier molecular flexibility index (Phi) is 22.0. The molecule has 1 aliphatic rings. The average molecular weight is 1030 g/mol. The second-order valence-electron chi connectivity index (χ2n) is 16.5. The van der Waals surface area contributed by atoms with Gasteiger partial charge < -0.3 is 50.3 Å². The van der Waals surface area contributed by atoms with Gasteiger partial charge in [-0.1, -0.05) is 35.9 Å². The monoisotopic (exact) mass is 1030 g/mol. The normalized spacial score (nSPS) is 12.2. The molecule has 5 N–H and O–H groups in total. The number of hydrogen-bond acceptors (Lipinski definition) is 15. The van der Waals surface area contributed by atoms with Crippen molar-refractivity contribution in [2.45, 2.75) is 32.0 Å². The number of carbonyl (C=O) groups is 5. The molecule has 5 aromatic rings. The van der Waals surface area contributed by atoms with E-state index in [0.29, 0.717) is 121 Å².